The molecule has 0 aliphatic rings. The number of nitrogens with one attached hydrogen (secondary N) is 1. The van der Waals surface area contributed by atoms with Crippen molar-refractivity contribution in [2.75, 3.05) is 33.4 Å². The molecule has 0 amide bonds. The molecule has 2 N–H and O–H groups in total. The molecule has 0 aromatic heterocycles. The Hall–Kier alpha value is -1.25. The molecule has 368 valence electrons. The number of carbonyl (C=O) groups excluding carboxylic acids is 2. The maximum Gasteiger partial charge on any atom is 0.472 e. The summed E-state index contributed by atoms with van der Waals surface area (Å²) < 4.78 is 33.4. The van der Waals surface area contributed by atoms with Crippen molar-refractivity contribution < 1.29 is 37.6 Å². The Morgan fingerprint density at radius 3 is 1.19 bits per heavy atom. The van der Waals surface area contributed by atoms with Gasteiger partial charge in [0.1, 0.15) is 6.61 Å². The fourth-order valence-corrected chi connectivity index (χ4v) is 8.60. The maximum absolute atomic E-state index is 12.7. The van der Waals surface area contributed by atoms with E-state index in [4.69, 9.17) is 18.5 Å². The van der Waals surface area contributed by atoms with Crippen LogP contribution in [0.2, 0.25) is 0 Å². The van der Waals surface area contributed by atoms with Gasteiger partial charge in [0.05, 0.1) is 13.2 Å². The highest BCUT2D eigenvalue weighted by Crippen LogP contribution is 2.43. The lowest BCUT2D eigenvalue weighted by Gasteiger charge is -2.20. The van der Waals surface area contributed by atoms with Crippen molar-refractivity contribution in [1.29, 1.82) is 0 Å². The first kappa shape index (κ1) is 60.8. The number of hydrogen-bond donors (Lipinski definition) is 2. The fraction of sp³-hybridized carbons (Fsp3) is 0.923. The molecule has 0 spiro atoms. The Bertz CT molecular complexity index is 1030. The summed E-state index contributed by atoms with van der Waals surface area (Å²) in [5.41, 5.74) is 0. The molecule has 0 aliphatic heterocycles. The smallest absolute Gasteiger partial charge is 0.462 e. The molecular weight excluding hydrogens is 798 g/mol. The summed E-state index contributed by atoms with van der Waals surface area (Å²) in [6.45, 7) is 4.28. The van der Waals surface area contributed by atoms with E-state index in [9.17, 15) is 19.0 Å². The summed E-state index contributed by atoms with van der Waals surface area (Å²) in [6.07, 6.45) is 52.6. The number of ether oxygens (including phenoxy) is 2. The summed E-state index contributed by atoms with van der Waals surface area (Å²) in [7, 11) is -2.64. The molecule has 0 radical (unpaired) electrons. The van der Waals surface area contributed by atoms with Crippen LogP contribution in [-0.4, -0.2) is 56.3 Å². The first-order chi connectivity index (χ1) is 30.3. The summed E-state index contributed by atoms with van der Waals surface area (Å²) in [5, 5.41) is 2.84. The minimum absolute atomic E-state index is 0.0134. The van der Waals surface area contributed by atoms with Crippen molar-refractivity contribution in [1.82, 2.24) is 5.32 Å². The molecule has 2 unspecified atom stereocenters. The molecule has 0 saturated heterocycles. The minimum Gasteiger partial charge on any atom is -0.462 e. The van der Waals surface area contributed by atoms with Crippen molar-refractivity contribution in [2.45, 2.75) is 277 Å². The molecule has 0 fully saturated rings. The van der Waals surface area contributed by atoms with Gasteiger partial charge in [0.15, 0.2) is 6.10 Å². The first-order valence-corrected chi connectivity index (χ1v) is 28.1. The fourth-order valence-electron chi connectivity index (χ4n) is 7.85. The van der Waals surface area contributed by atoms with E-state index in [2.05, 4.69) is 31.3 Å². The number of esters is 2. The molecule has 0 aliphatic carbocycles. The molecule has 0 saturated carbocycles. The Morgan fingerprint density at radius 2 is 0.823 bits per heavy atom. The molecule has 0 aromatic rings. The molecule has 0 bridgehead atoms. The molecule has 0 rings (SSSR count). The second-order valence-electron chi connectivity index (χ2n) is 18.1. The first-order valence-electron chi connectivity index (χ1n) is 26.6. The minimum atomic E-state index is -4.35. The Morgan fingerprint density at radius 1 is 0.484 bits per heavy atom. The largest absolute Gasteiger partial charge is 0.472 e. The normalized spacial score (nSPS) is 13.2. The van der Waals surface area contributed by atoms with Crippen molar-refractivity contribution in [3.63, 3.8) is 0 Å². The van der Waals surface area contributed by atoms with Gasteiger partial charge in [-0.25, -0.2) is 4.57 Å². The van der Waals surface area contributed by atoms with Gasteiger partial charge in [-0.2, -0.15) is 0 Å². The molecule has 9 nitrogen and oxygen atoms in total. The van der Waals surface area contributed by atoms with E-state index in [-0.39, 0.29) is 25.6 Å². The summed E-state index contributed by atoms with van der Waals surface area (Å²) >= 11 is 0. The van der Waals surface area contributed by atoms with Crippen molar-refractivity contribution in [3.8, 4) is 0 Å². The Labute approximate surface area is 383 Å². The van der Waals surface area contributed by atoms with Gasteiger partial charge in [-0.05, 0) is 45.6 Å². The molecule has 62 heavy (non-hydrogen) atoms. The van der Waals surface area contributed by atoms with Gasteiger partial charge in [-0.1, -0.05) is 231 Å². The van der Waals surface area contributed by atoms with Gasteiger partial charge in [0, 0.05) is 19.4 Å². The van der Waals surface area contributed by atoms with Gasteiger partial charge >= 0.3 is 19.8 Å². The zero-order chi connectivity index (χ0) is 45.3. The van der Waals surface area contributed by atoms with Crippen LogP contribution in [0.1, 0.15) is 271 Å². The van der Waals surface area contributed by atoms with Crippen LogP contribution < -0.4 is 5.32 Å². The van der Waals surface area contributed by atoms with Gasteiger partial charge < -0.3 is 19.7 Å². The average molecular weight is 900 g/mol. The highest BCUT2D eigenvalue weighted by Gasteiger charge is 2.26. The number of carbonyl (C=O) groups is 2. The number of phosphoric acid groups is 1. The summed E-state index contributed by atoms with van der Waals surface area (Å²) in [4.78, 5) is 35.3. The Kier molecular flexibility index (Phi) is 48.2. The summed E-state index contributed by atoms with van der Waals surface area (Å²) in [5.74, 6) is -0.791. The SMILES string of the molecule is CCCCCCCC/C=C\CCCCCCCCCCCC(=O)OCC(COP(=O)(O)OCCNC)OC(=O)CCCCCCCCCCCCCCCCCCCCCCC. The standard InChI is InChI=1S/C52H102NO8P/c1-4-6-8-10-12-14-16-18-20-22-24-25-27-29-31-33-35-37-39-41-43-45-52(55)61-50(49-60-62(56,57)59-47-46-53-3)48-58-51(54)44-42-40-38-36-34-32-30-28-26-23-21-19-17-15-13-11-9-7-5-2/h19,21,50,53H,4-18,20,22-49H2,1-3H3,(H,56,57)/b21-19-. The van der Waals surface area contributed by atoms with Crippen molar-refractivity contribution >= 4 is 19.8 Å². The van der Waals surface area contributed by atoms with E-state index >= 15 is 0 Å². The van der Waals surface area contributed by atoms with Gasteiger partial charge in [0.25, 0.3) is 0 Å². The highest BCUT2D eigenvalue weighted by molar-refractivity contribution is 7.47. The van der Waals surface area contributed by atoms with Crippen LogP contribution in [0.5, 0.6) is 0 Å². The average Bonchev–Trinajstić information content (AvgIpc) is 3.26. The molecule has 0 aromatic carbocycles. The van der Waals surface area contributed by atoms with Crippen molar-refractivity contribution in [3.05, 3.63) is 12.2 Å². The zero-order valence-corrected chi connectivity index (χ0v) is 42.0. The third-order valence-corrected chi connectivity index (χ3v) is 12.9. The van der Waals surface area contributed by atoms with E-state index in [0.717, 1.165) is 32.1 Å². The number of phosphoric ester groups is 1. The van der Waals surface area contributed by atoms with Crippen LogP contribution in [0.25, 0.3) is 0 Å². The van der Waals surface area contributed by atoms with Gasteiger partial charge in [-0.15, -0.1) is 0 Å². The highest BCUT2D eigenvalue weighted by atomic mass is 31.2. The number of rotatable bonds is 51. The van der Waals surface area contributed by atoms with E-state index in [0.29, 0.717) is 19.4 Å². The van der Waals surface area contributed by atoms with Crippen LogP contribution >= 0.6 is 7.82 Å². The number of likely N-dealkylation sites (N-methyl/N-ethyl adjacent to an activating group) is 1. The van der Waals surface area contributed by atoms with Crippen LogP contribution in [0, 0.1) is 0 Å². The predicted octanol–water partition coefficient (Wildman–Crippen LogP) is 16.0. The lowest BCUT2D eigenvalue weighted by molar-refractivity contribution is -0.161. The number of allylic oxidation sites excluding steroid dienone is 2. The zero-order valence-electron chi connectivity index (χ0n) is 41.1. The monoisotopic (exact) mass is 900 g/mol. The topological polar surface area (TPSA) is 120 Å². The predicted molar refractivity (Wildman–Crippen MR) is 262 cm³/mol. The van der Waals surface area contributed by atoms with Crippen LogP contribution in [0.15, 0.2) is 12.2 Å². The maximum atomic E-state index is 12.7. The molecule has 10 heteroatoms. The quantitative estimate of drug-likeness (QED) is 0.0266. The number of hydrogen-bond acceptors (Lipinski definition) is 8. The van der Waals surface area contributed by atoms with Crippen LogP contribution in [0.3, 0.4) is 0 Å². The second-order valence-corrected chi connectivity index (χ2v) is 19.5. The molecular formula is C52H102NO8P. The van der Waals surface area contributed by atoms with E-state index in [1.54, 1.807) is 7.05 Å². The summed E-state index contributed by atoms with van der Waals surface area (Å²) in [6, 6.07) is 0. The van der Waals surface area contributed by atoms with Crippen LogP contribution in [0.4, 0.5) is 0 Å². The molecule has 2 atom stereocenters. The Balaban J connectivity index is 4.05. The third kappa shape index (κ3) is 48.2. The van der Waals surface area contributed by atoms with Crippen LogP contribution in [-0.2, 0) is 32.7 Å². The number of unbranched alkanes of at least 4 members (excludes halogenated alkanes) is 35. The lowest BCUT2D eigenvalue weighted by Crippen LogP contribution is -2.29. The van der Waals surface area contributed by atoms with E-state index < -0.39 is 26.5 Å². The van der Waals surface area contributed by atoms with Crippen molar-refractivity contribution in [2.24, 2.45) is 0 Å². The lowest BCUT2D eigenvalue weighted by atomic mass is 10.0. The van der Waals surface area contributed by atoms with E-state index in [1.165, 1.54) is 205 Å². The van der Waals surface area contributed by atoms with Gasteiger partial charge in [-0.3, -0.25) is 18.6 Å². The van der Waals surface area contributed by atoms with Gasteiger partial charge in [0.2, 0.25) is 0 Å². The van der Waals surface area contributed by atoms with E-state index in [1.807, 2.05) is 0 Å². The molecule has 0 heterocycles. The third-order valence-electron chi connectivity index (χ3n) is 11.9. The second kappa shape index (κ2) is 49.2.